The number of benzene rings is 1. The number of carbonyl (C=O) groups excluding carboxylic acids is 1. The molecule has 0 unspecified atom stereocenters. The number of amides is 2. The lowest BCUT2D eigenvalue weighted by Gasteiger charge is -2.31. The van der Waals surface area contributed by atoms with Crippen LogP contribution in [0.2, 0.25) is 0 Å². The van der Waals surface area contributed by atoms with Crippen LogP contribution in [0.5, 0.6) is 0 Å². The van der Waals surface area contributed by atoms with Gasteiger partial charge >= 0.3 is 6.03 Å². The van der Waals surface area contributed by atoms with Gasteiger partial charge in [0.25, 0.3) is 0 Å². The number of rotatable bonds is 6. The van der Waals surface area contributed by atoms with Crippen LogP contribution in [-0.4, -0.2) is 63.2 Å². The van der Waals surface area contributed by atoms with Crippen molar-refractivity contribution in [3.05, 3.63) is 35.9 Å². The van der Waals surface area contributed by atoms with Crippen molar-refractivity contribution in [2.45, 2.75) is 19.4 Å². The summed E-state index contributed by atoms with van der Waals surface area (Å²) in [7, 11) is -3.17. The lowest BCUT2D eigenvalue weighted by Crippen LogP contribution is -2.49. The molecule has 1 heterocycles. The molecule has 0 saturated carbocycles. The van der Waals surface area contributed by atoms with E-state index < -0.39 is 9.84 Å². The van der Waals surface area contributed by atoms with Gasteiger partial charge in [-0.05, 0) is 18.9 Å². The summed E-state index contributed by atoms with van der Waals surface area (Å²) in [6.45, 7) is 3.64. The van der Waals surface area contributed by atoms with Crippen LogP contribution in [0.15, 0.2) is 30.3 Å². The number of nitrogens with one attached hydrogen (secondary N) is 1. The second-order valence-electron chi connectivity index (χ2n) is 5.75. The quantitative estimate of drug-likeness (QED) is 0.841. The summed E-state index contributed by atoms with van der Waals surface area (Å²) in [6.07, 6.45) is 0.516. The van der Waals surface area contributed by atoms with Gasteiger partial charge in [0.15, 0.2) is 9.84 Å². The topological polar surface area (TPSA) is 75.7 Å². The average molecular weight is 340 g/mol. The summed E-state index contributed by atoms with van der Waals surface area (Å²) < 4.78 is 29.4. The predicted molar refractivity (Wildman–Crippen MR) is 89.2 cm³/mol. The second kappa shape index (κ2) is 8.31. The van der Waals surface area contributed by atoms with Crippen LogP contribution in [0, 0.1) is 0 Å². The van der Waals surface area contributed by atoms with Gasteiger partial charge in [-0.1, -0.05) is 30.3 Å². The first-order chi connectivity index (χ1) is 11.0. The molecule has 128 valence electrons. The maximum absolute atomic E-state index is 12.0. The number of sulfone groups is 1. The number of carbonyl (C=O) groups is 1. The molecule has 6 nitrogen and oxygen atoms in total. The maximum atomic E-state index is 12.0. The molecule has 0 bridgehead atoms. The Bertz CT molecular complexity index is 604. The molecule has 0 aliphatic carbocycles. The van der Waals surface area contributed by atoms with E-state index in [0.29, 0.717) is 26.1 Å². The van der Waals surface area contributed by atoms with Crippen molar-refractivity contribution in [2.24, 2.45) is 0 Å². The van der Waals surface area contributed by atoms with Crippen LogP contribution in [0.25, 0.3) is 0 Å². The molecule has 1 N–H and O–H groups in total. The summed E-state index contributed by atoms with van der Waals surface area (Å²) in [5.41, 5.74) is 1.00. The minimum absolute atomic E-state index is 0.0177. The highest BCUT2D eigenvalue weighted by atomic mass is 32.2. The van der Waals surface area contributed by atoms with E-state index in [1.807, 2.05) is 37.3 Å². The molecule has 1 saturated heterocycles. The molecule has 0 spiro atoms. The van der Waals surface area contributed by atoms with Crippen LogP contribution in [0.1, 0.15) is 12.5 Å². The van der Waals surface area contributed by atoms with E-state index >= 15 is 0 Å². The van der Waals surface area contributed by atoms with Gasteiger partial charge in [0.05, 0.1) is 24.2 Å². The summed E-state index contributed by atoms with van der Waals surface area (Å²) in [5, 5.41) is 2.68. The minimum atomic E-state index is -3.17. The van der Waals surface area contributed by atoms with Gasteiger partial charge in [0, 0.05) is 19.6 Å². The van der Waals surface area contributed by atoms with Crippen LogP contribution in [0.4, 0.5) is 4.79 Å². The molecule has 1 aliphatic rings. The molecule has 1 fully saturated rings. The second-order valence-corrected chi connectivity index (χ2v) is 8.05. The summed E-state index contributed by atoms with van der Waals surface area (Å²) >= 11 is 0. The van der Waals surface area contributed by atoms with Crippen LogP contribution in [0.3, 0.4) is 0 Å². The van der Waals surface area contributed by atoms with Crippen LogP contribution >= 0.6 is 0 Å². The molecule has 7 heteroatoms. The zero-order chi connectivity index (χ0) is 16.7. The molecule has 2 rings (SSSR count). The van der Waals surface area contributed by atoms with Gasteiger partial charge < -0.3 is 15.0 Å². The number of morpholine rings is 1. The van der Waals surface area contributed by atoms with Crippen molar-refractivity contribution in [3.63, 3.8) is 0 Å². The number of aryl methyl sites for hydroxylation is 1. The predicted octanol–water partition coefficient (Wildman–Crippen LogP) is 1.07. The van der Waals surface area contributed by atoms with Gasteiger partial charge in [0.2, 0.25) is 0 Å². The van der Waals surface area contributed by atoms with E-state index in [9.17, 15) is 13.2 Å². The average Bonchev–Trinajstić information content (AvgIpc) is 2.54. The van der Waals surface area contributed by atoms with Crippen molar-refractivity contribution in [1.82, 2.24) is 10.2 Å². The van der Waals surface area contributed by atoms with Crippen molar-refractivity contribution < 1.29 is 17.9 Å². The van der Waals surface area contributed by atoms with E-state index in [2.05, 4.69) is 5.32 Å². The fraction of sp³-hybridized carbons (Fsp3) is 0.562. The highest BCUT2D eigenvalue weighted by Gasteiger charge is 2.21. The Morgan fingerprint density at radius 1 is 1.30 bits per heavy atom. The normalized spacial score (nSPS) is 18.7. The number of ether oxygens (including phenoxy) is 1. The smallest absolute Gasteiger partial charge is 0.317 e. The van der Waals surface area contributed by atoms with E-state index in [1.54, 1.807) is 4.90 Å². The first kappa shape index (κ1) is 17.7. The molecule has 0 radical (unpaired) electrons. The molecular weight excluding hydrogens is 316 g/mol. The van der Waals surface area contributed by atoms with Crippen molar-refractivity contribution in [3.8, 4) is 0 Å². The van der Waals surface area contributed by atoms with E-state index in [4.69, 9.17) is 4.74 Å². The third kappa shape index (κ3) is 6.19. The first-order valence-electron chi connectivity index (χ1n) is 7.85. The monoisotopic (exact) mass is 340 g/mol. The third-order valence-electron chi connectivity index (χ3n) is 3.76. The highest BCUT2D eigenvalue weighted by molar-refractivity contribution is 7.91. The van der Waals surface area contributed by atoms with Crippen LogP contribution < -0.4 is 5.32 Å². The number of urea groups is 1. The summed E-state index contributed by atoms with van der Waals surface area (Å²) in [6, 6.07) is 9.29. The zero-order valence-corrected chi connectivity index (χ0v) is 14.2. The summed E-state index contributed by atoms with van der Waals surface area (Å²) in [4.78, 5) is 13.6. The standard InChI is InChI=1S/C16H24N2O4S/c1-14-13-18(9-10-22-14)16(19)17-8-12-23(20,21)11-7-15-5-3-2-4-6-15/h2-6,14H,7-13H2,1H3,(H,17,19)/t14-/m1/s1. The molecule has 2 amide bonds. The Kier molecular flexibility index (Phi) is 6.41. The van der Waals surface area contributed by atoms with Gasteiger partial charge in [0.1, 0.15) is 0 Å². The molecule has 1 atom stereocenters. The van der Waals surface area contributed by atoms with Gasteiger partial charge in [-0.15, -0.1) is 0 Å². The third-order valence-corrected chi connectivity index (χ3v) is 5.41. The first-order valence-corrected chi connectivity index (χ1v) is 9.67. The van der Waals surface area contributed by atoms with E-state index in [0.717, 1.165) is 5.56 Å². The lowest BCUT2D eigenvalue weighted by molar-refractivity contribution is -0.00338. The SMILES string of the molecule is C[C@@H]1CN(C(=O)NCCS(=O)(=O)CCc2ccccc2)CCO1. The largest absolute Gasteiger partial charge is 0.375 e. The van der Waals surface area contributed by atoms with Crippen molar-refractivity contribution in [1.29, 1.82) is 0 Å². The highest BCUT2D eigenvalue weighted by Crippen LogP contribution is 2.05. The number of hydrogen-bond acceptors (Lipinski definition) is 4. The summed E-state index contributed by atoms with van der Waals surface area (Å²) in [5.74, 6) is 0.0624. The van der Waals surface area contributed by atoms with Gasteiger partial charge in [-0.25, -0.2) is 13.2 Å². The Morgan fingerprint density at radius 2 is 2.04 bits per heavy atom. The Morgan fingerprint density at radius 3 is 2.74 bits per heavy atom. The van der Waals surface area contributed by atoms with Crippen molar-refractivity contribution >= 4 is 15.9 Å². The fourth-order valence-electron chi connectivity index (χ4n) is 2.45. The van der Waals surface area contributed by atoms with Crippen LogP contribution in [-0.2, 0) is 21.0 Å². The Labute approximate surface area is 137 Å². The fourth-order valence-corrected chi connectivity index (χ4v) is 3.61. The van der Waals surface area contributed by atoms with Gasteiger partial charge in [-0.3, -0.25) is 0 Å². The minimum Gasteiger partial charge on any atom is -0.375 e. The molecule has 0 aromatic heterocycles. The maximum Gasteiger partial charge on any atom is 0.317 e. The lowest BCUT2D eigenvalue weighted by atomic mass is 10.2. The Balaban J connectivity index is 1.70. The van der Waals surface area contributed by atoms with E-state index in [1.165, 1.54) is 0 Å². The van der Waals surface area contributed by atoms with Gasteiger partial charge in [-0.2, -0.15) is 0 Å². The molecule has 1 aliphatic heterocycles. The zero-order valence-electron chi connectivity index (χ0n) is 13.4. The molecule has 1 aromatic rings. The van der Waals surface area contributed by atoms with Crippen molar-refractivity contribution in [2.75, 3.05) is 37.7 Å². The molecule has 23 heavy (non-hydrogen) atoms. The number of nitrogens with zero attached hydrogens (tertiary/aromatic N) is 1. The number of hydrogen-bond donors (Lipinski definition) is 1. The Hall–Kier alpha value is -1.60. The molecule has 1 aromatic carbocycles. The van der Waals surface area contributed by atoms with E-state index in [-0.39, 0.29) is 30.2 Å². The molecular formula is C16H24N2O4S.